The van der Waals surface area contributed by atoms with Gasteiger partial charge in [0.2, 0.25) is 17.6 Å². The number of pyridine rings is 1. The maximum absolute atomic E-state index is 12.8. The third-order valence-electron chi connectivity index (χ3n) is 4.75. The smallest absolute Gasteiger partial charge is 0.344 e. The average Bonchev–Trinajstić information content (AvgIpc) is 3.16. The highest BCUT2D eigenvalue weighted by atomic mass is 19.4. The van der Waals surface area contributed by atoms with Crippen molar-refractivity contribution in [3.63, 3.8) is 0 Å². The molecule has 146 valence electrons. The second kappa shape index (κ2) is 8.06. The monoisotopic (exact) mass is 382 g/mol. The highest BCUT2D eigenvalue weighted by Crippen LogP contribution is 2.30. The predicted octanol–water partition coefficient (Wildman–Crippen LogP) is 4.30. The van der Waals surface area contributed by atoms with Crippen LogP contribution in [0, 0.1) is 5.92 Å². The Labute approximate surface area is 154 Å². The number of carbonyl (C=O) groups is 1. The van der Waals surface area contributed by atoms with Gasteiger partial charge in [-0.3, -0.25) is 9.78 Å². The Morgan fingerprint density at radius 2 is 2.07 bits per heavy atom. The molecule has 1 fully saturated rings. The van der Waals surface area contributed by atoms with Crippen molar-refractivity contribution in [1.82, 2.24) is 20.4 Å². The number of nitrogens with zero attached hydrogens (tertiary/aromatic N) is 3. The van der Waals surface area contributed by atoms with Crippen LogP contribution in [0.4, 0.5) is 13.2 Å². The van der Waals surface area contributed by atoms with Crippen LogP contribution < -0.4 is 5.32 Å². The van der Waals surface area contributed by atoms with E-state index in [4.69, 9.17) is 4.52 Å². The molecule has 0 spiro atoms. The van der Waals surface area contributed by atoms with Crippen LogP contribution in [0.15, 0.2) is 22.9 Å². The minimum absolute atomic E-state index is 0.00951. The van der Waals surface area contributed by atoms with Gasteiger partial charge in [-0.05, 0) is 31.4 Å². The van der Waals surface area contributed by atoms with Gasteiger partial charge in [0.15, 0.2) is 0 Å². The summed E-state index contributed by atoms with van der Waals surface area (Å²) in [6.45, 7) is 1.86. The van der Waals surface area contributed by atoms with Crippen molar-refractivity contribution >= 4 is 5.91 Å². The molecular formula is C18H21F3N4O2. The molecular weight excluding hydrogens is 361 g/mol. The van der Waals surface area contributed by atoms with E-state index in [1.807, 2.05) is 6.92 Å². The largest absolute Gasteiger partial charge is 0.433 e. The van der Waals surface area contributed by atoms with Crippen molar-refractivity contribution in [3.8, 4) is 11.4 Å². The first-order valence-corrected chi connectivity index (χ1v) is 9.06. The molecule has 0 aromatic carbocycles. The van der Waals surface area contributed by atoms with E-state index in [1.54, 1.807) is 0 Å². The third-order valence-corrected chi connectivity index (χ3v) is 4.75. The number of nitrogens with one attached hydrogen (secondary N) is 1. The highest BCUT2D eigenvalue weighted by Gasteiger charge is 2.33. The Balaban J connectivity index is 1.74. The van der Waals surface area contributed by atoms with Crippen LogP contribution in [0.3, 0.4) is 0 Å². The molecule has 2 heterocycles. The molecule has 2 aromatic rings. The number of aromatic nitrogens is 3. The standard InChI is InChI=1S/C18H21F3N4O2/c1-2-13(23-16(26)11-6-4-3-5-7-11)17-24-15(25-27-17)12-8-9-22-14(10-12)18(19,20)21/h8-11,13H,2-7H2,1H3,(H,23,26)/t13-/m0/s1. The van der Waals surface area contributed by atoms with Gasteiger partial charge in [-0.2, -0.15) is 18.2 Å². The Hall–Kier alpha value is -2.45. The van der Waals surface area contributed by atoms with E-state index < -0.39 is 17.9 Å². The molecule has 1 atom stereocenters. The molecule has 1 N–H and O–H groups in total. The van der Waals surface area contributed by atoms with E-state index in [0.717, 1.165) is 44.4 Å². The van der Waals surface area contributed by atoms with Crippen molar-refractivity contribution < 1.29 is 22.5 Å². The predicted molar refractivity (Wildman–Crippen MR) is 90.3 cm³/mol. The molecule has 6 nitrogen and oxygen atoms in total. The van der Waals surface area contributed by atoms with Gasteiger partial charge < -0.3 is 9.84 Å². The fourth-order valence-electron chi connectivity index (χ4n) is 3.21. The lowest BCUT2D eigenvalue weighted by molar-refractivity contribution is -0.141. The Bertz CT molecular complexity index is 785. The highest BCUT2D eigenvalue weighted by molar-refractivity contribution is 5.79. The molecule has 0 bridgehead atoms. The summed E-state index contributed by atoms with van der Waals surface area (Å²) in [7, 11) is 0. The molecule has 0 radical (unpaired) electrons. The zero-order chi connectivity index (χ0) is 19.4. The van der Waals surface area contributed by atoms with Crippen LogP contribution in [-0.4, -0.2) is 21.0 Å². The van der Waals surface area contributed by atoms with E-state index in [0.29, 0.717) is 6.42 Å². The van der Waals surface area contributed by atoms with Crippen molar-refractivity contribution in [2.45, 2.75) is 57.7 Å². The van der Waals surface area contributed by atoms with Crippen LogP contribution in [0.5, 0.6) is 0 Å². The van der Waals surface area contributed by atoms with Crippen LogP contribution in [-0.2, 0) is 11.0 Å². The summed E-state index contributed by atoms with van der Waals surface area (Å²) >= 11 is 0. The summed E-state index contributed by atoms with van der Waals surface area (Å²) in [5.41, 5.74) is -0.871. The van der Waals surface area contributed by atoms with E-state index in [9.17, 15) is 18.0 Å². The molecule has 0 unspecified atom stereocenters. The second-order valence-electron chi connectivity index (χ2n) is 6.69. The molecule has 1 aliphatic rings. The van der Waals surface area contributed by atoms with Gasteiger partial charge in [0, 0.05) is 17.7 Å². The third kappa shape index (κ3) is 4.64. The Morgan fingerprint density at radius 3 is 2.74 bits per heavy atom. The fraction of sp³-hybridized carbons (Fsp3) is 0.556. The van der Waals surface area contributed by atoms with E-state index >= 15 is 0 Å². The number of amides is 1. The van der Waals surface area contributed by atoms with Crippen LogP contribution in [0.2, 0.25) is 0 Å². The summed E-state index contributed by atoms with van der Waals surface area (Å²) in [5.74, 6) is 0.166. The molecule has 2 aromatic heterocycles. The molecule has 27 heavy (non-hydrogen) atoms. The molecule has 1 aliphatic carbocycles. The minimum atomic E-state index is -4.55. The number of halogens is 3. The second-order valence-corrected chi connectivity index (χ2v) is 6.69. The Kier molecular flexibility index (Phi) is 5.76. The van der Waals surface area contributed by atoms with Gasteiger partial charge in [0.25, 0.3) is 0 Å². The van der Waals surface area contributed by atoms with Crippen molar-refractivity contribution in [3.05, 3.63) is 29.9 Å². The number of hydrogen-bond acceptors (Lipinski definition) is 5. The van der Waals surface area contributed by atoms with Crippen LogP contribution >= 0.6 is 0 Å². The van der Waals surface area contributed by atoms with Gasteiger partial charge >= 0.3 is 6.18 Å². The van der Waals surface area contributed by atoms with Crippen molar-refractivity contribution in [2.75, 3.05) is 0 Å². The fourth-order valence-corrected chi connectivity index (χ4v) is 3.21. The number of rotatable bonds is 5. The first kappa shape index (κ1) is 19.3. The van der Waals surface area contributed by atoms with E-state index in [-0.39, 0.29) is 29.1 Å². The SMILES string of the molecule is CC[C@H](NC(=O)C1CCCCC1)c1nc(-c2ccnc(C(F)(F)F)c2)no1. The van der Waals surface area contributed by atoms with Gasteiger partial charge in [-0.1, -0.05) is 31.3 Å². The zero-order valence-corrected chi connectivity index (χ0v) is 14.9. The average molecular weight is 382 g/mol. The van der Waals surface area contributed by atoms with Crippen LogP contribution in [0.25, 0.3) is 11.4 Å². The van der Waals surface area contributed by atoms with Crippen molar-refractivity contribution in [1.29, 1.82) is 0 Å². The van der Waals surface area contributed by atoms with E-state index in [2.05, 4.69) is 20.4 Å². The summed E-state index contributed by atoms with van der Waals surface area (Å²) in [5, 5.41) is 6.69. The summed E-state index contributed by atoms with van der Waals surface area (Å²) in [6, 6.07) is 1.78. The summed E-state index contributed by atoms with van der Waals surface area (Å²) < 4.78 is 43.7. The first-order valence-electron chi connectivity index (χ1n) is 9.06. The maximum atomic E-state index is 12.8. The molecule has 0 aliphatic heterocycles. The topological polar surface area (TPSA) is 80.9 Å². The zero-order valence-electron chi connectivity index (χ0n) is 14.9. The van der Waals surface area contributed by atoms with Gasteiger partial charge in [0.1, 0.15) is 11.7 Å². The molecule has 3 rings (SSSR count). The molecule has 1 saturated carbocycles. The number of carbonyl (C=O) groups excluding carboxylic acids is 1. The minimum Gasteiger partial charge on any atom is -0.344 e. The Morgan fingerprint density at radius 1 is 1.33 bits per heavy atom. The van der Waals surface area contributed by atoms with Gasteiger partial charge in [0.05, 0.1) is 0 Å². The quantitative estimate of drug-likeness (QED) is 0.834. The number of alkyl halides is 3. The lowest BCUT2D eigenvalue weighted by Crippen LogP contribution is -2.34. The van der Waals surface area contributed by atoms with Gasteiger partial charge in [-0.15, -0.1) is 0 Å². The maximum Gasteiger partial charge on any atom is 0.433 e. The van der Waals surface area contributed by atoms with E-state index in [1.165, 1.54) is 6.07 Å². The number of hydrogen-bond donors (Lipinski definition) is 1. The first-order chi connectivity index (χ1) is 12.9. The summed E-state index contributed by atoms with van der Waals surface area (Å²) in [4.78, 5) is 19.9. The van der Waals surface area contributed by atoms with Crippen LogP contribution in [0.1, 0.15) is 63.1 Å². The van der Waals surface area contributed by atoms with Crippen molar-refractivity contribution in [2.24, 2.45) is 5.92 Å². The molecule has 1 amide bonds. The lowest BCUT2D eigenvalue weighted by Gasteiger charge is -2.22. The summed E-state index contributed by atoms with van der Waals surface area (Å²) in [6.07, 6.45) is 2.01. The van der Waals surface area contributed by atoms with Gasteiger partial charge in [-0.25, -0.2) is 0 Å². The lowest BCUT2D eigenvalue weighted by atomic mass is 9.88. The molecule has 0 saturated heterocycles. The normalized spacial score (nSPS) is 16.9. The molecule has 9 heteroatoms.